The molecule has 0 N–H and O–H groups in total. The zero-order valence-electron chi connectivity index (χ0n) is 28.2. The molecule has 0 amide bonds. The van der Waals surface area contributed by atoms with Crippen LogP contribution in [0.1, 0.15) is 72.9 Å². The minimum atomic E-state index is -0.102. The fraction of sp³-hybridized carbons (Fsp3) is 0.234. The van der Waals surface area contributed by atoms with Gasteiger partial charge in [-0.15, -0.1) is 0 Å². The SMILES string of the molecule is CC1(C)c2ccccc2-c2cc(-c3cc4c(cc3-c3ccccc3)CCCC4)c(N(c3ccccc3)c3ccc4c(c3)CCCC4)cc21. The van der Waals surface area contributed by atoms with Gasteiger partial charge in [-0.25, -0.2) is 0 Å². The summed E-state index contributed by atoms with van der Waals surface area (Å²) in [5.41, 5.74) is 20.5. The number of nitrogens with zero attached hydrogens (tertiary/aromatic N) is 1. The Hall–Kier alpha value is -4.88. The molecular weight excluding hydrogens is 579 g/mol. The maximum Gasteiger partial charge on any atom is 0.0543 e. The van der Waals surface area contributed by atoms with Gasteiger partial charge in [-0.2, -0.15) is 0 Å². The molecule has 0 bridgehead atoms. The van der Waals surface area contributed by atoms with E-state index < -0.39 is 0 Å². The van der Waals surface area contributed by atoms with Crippen LogP contribution in [-0.4, -0.2) is 0 Å². The Bertz CT molecular complexity index is 2150. The quantitative estimate of drug-likeness (QED) is 0.185. The van der Waals surface area contributed by atoms with Crippen LogP contribution in [0.25, 0.3) is 33.4 Å². The van der Waals surface area contributed by atoms with Gasteiger partial charge in [0.05, 0.1) is 5.69 Å². The van der Waals surface area contributed by atoms with Gasteiger partial charge in [0, 0.05) is 22.4 Å². The van der Waals surface area contributed by atoms with Crippen LogP contribution in [0.3, 0.4) is 0 Å². The van der Waals surface area contributed by atoms with E-state index >= 15 is 0 Å². The van der Waals surface area contributed by atoms with Crippen LogP contribution >= 0.6 is 0 Å². The van der Waals surface area contributed by atoms with Crippen molar-refractivity contribution in [1.29, 1.82) is 0 Å². The molecule has 6 aromatic rings. The summed E-state index contributed by atoms with van der Waals surface area (Å²) in [5.74, 6) is 0. The Morgan fingerprint density at radius 3 is 1.75 bits per heavy atom. The van der Waals surface area contributed by atoms with Gasteiger partial charge in [0.2, 0.25) is 0 Å². The highest BCUT2D eigenvalue weighted by Crippen LogP contribution is 2.54. The van der Waals surface area contributed by atoms with Gasteiger partial charge in [0.1, 0.15) is 0 Å². The number of para-hydroxylation sites is 1. The lowest BCUT2D eigenvalue weighted by Crippen LogP contribution is -2.17. The first-order valence-electron chi connectivity index (χ1n) is 18.0. The summed E-state index contributed by atoms with van der Waals surface area (Å²) in [6.07, 6.45) is 9.77. The van der Waals surface area contributed by atoms with Crippen LogP contribution in [0.4, 0.5) is 17.1 Å². The van der Waals surface area contributed by atoms with Crippen LogP contribution < -0.4 is 4.90 Å². The summed E-state index contributed by atoms with van der Waals surface area (Å²) in [4.78, 5) is 2.55. The Kier molecular flexibility index (Phi) is 7.12. The number of anilines is 3. The summed E-state index contributed by atoms with van der Waals surface area (Å²) in [7, 11) is 0. The van der Waals surface area contributed by atoms with Gasteiger partial charge < -0.3 is 4.90 Å². The van der Waals surface area contributed by atoms with Crippen LogP contribution in [0.15, 0.2) is 127 Å². The Labute approximate surface area is 285 Å². The van der Waals surface area contributed by atoms with E-state index in [0.717, 1.165) is 12.8 Å². The Balaban J connectivity index is 1.37. The normalized spacial score (nSPS) is 15.6. The highest BCUT2D eigenvalue weighted by Gasteiger charge is 2.37. The number of hydrogen-bond acceptors (Lipinski definition) is 1. The second kappa shape index (κ2) is 11.7. The van der Waals surface area contributed by atoms with E-state index in [-0.39, 0.29) is 5.41 Å². The summed E-state index contributed by atoms with van der Waals surface area (Å²) < 4.78 is 0. The molecule has 3 aliphatic carbocycles. The maximum absolute atomic E-state index is 2.56. The van der Waals surface area contributed by atoms with Crippen molar-refractivity contribution >= 4 is 17.1 Å². The highest BCUT2D eigenvalue weighted by molar-refractivity contribution is 5.98. The maximum atomic E-state index is 2.56. The fourth-order valence-corrected chi connectivity index (χ4v) is 8.87. The first-order valence-corrected chi connectivity index (χ1v) is 18.0. The van der Waals surface area contributed by atoms with E-state index in [4.69, 9.17) is 0 Å². The molecule has 0 unspecified atom stereocenters. The summed E-state index contributed by atoms with van der Waals surface area (Å²) in [6.45, 7) is 4.81. The molecule has 0 saturated carbocycles. The van der Waals surface area contributed by atoms with Crippen LogP contribution in [0.2, 0.25) is 0 Å². The van der Waals surface area contributed by atoms with E-state index in [2.05, 4.69) is 146 Å². The van der Waals surface area contributed by atoms with Crippen LogP contribution in [0, 0.1) is 0 Å². The first kappa shape index (κ1) is 29.3. The molecule has 0 aromatic heterocycles. The molecule has 0 aliphatic heterocycles. The van der Waals surface area contributed by atoms with E-state index in [9.17, 15) is 0 Å². The molecule has 1 nitrogen and oxygen atoms in total. The predicted molar refractivity (Wildman–Crippen MR) is 203 cm³/mol. The smallest absolute Gasteiger partial charge is 0.0543 e. The largest absolute Gasteiger partial charge is 0.310 e. The minimum absolute atomic E-state index is 0.102. The van der Waals surface area contributed by atoms with Gasteiger partial charge in [-0.05, 0) is 149 Å². The number of rotatable bonds is 5. The van der Waals surface area contributed by atoms with E-state index in [0.29, 0.717) is 0 Å². The molecule has 0 fully saturated rings. The molecule has 0 atom stereocenters. The molecule has 0 spiro atoms. The van der Waals surface area contributed by atoms with Crippen molar-refractivity contribution in [1.82, 2.24) is 0 Å². The molecule has 0 radical (unpaired) electrons. The summed E-state index contributed by atoms with van der Waals surface area (Å²) in [5, 5.41) is 0. The standard InChI is InChI=1S/C47H43N/c1-47(2)44-24-14-13-23-39(44)42-30-43(41-29-36-20-12-11-19-35(36)28-40(41)33-16-5-3-6-17-33)46(31-45(42)47)48(37-21-7-4-8-22-37)38-26-25-32-15-9-10-18-34(32)27-38/h3-8,13-14,16-17,21-31H,9-12,15,18-20H2,1-2H3. The highest BCUT2D eigenvalue weighted by atomic mass is 15.1. The lowest BCUT2D eigenvalue weighted by atomic mass is 9.80. The third kappa shape index (κ3) is 4.83. The Morgan fingerprint density at radius 2 is 1.02 bits per heavy atom. The number of fused-ring (bicyclic) bond motifs is 5. The molecule has 48 heavy (non-hydrogen) atoms. The molecular formula is C47H43N. The van der Waals surface area contributed by atoms with Crippen molar-refractivity contribution in [3.63, 3.8) is 0 Å². The van der Waals surface area contributed by atoms with Crippen LogP contribution in [-0.2, 0) is 31.1 Å². The minimum Gasteiger partial charge on any atom is -0.310 e. The average molecular weight is 622 g/mol. The number of aryl methyl sites for hydroxylation is 4. The third-order valence-corrected chi connectivity index (χ3v) is 11.4. The average Bonchev–Trinajstić information content (AvgIpc) is 3.37. The van der Waals surface area contributed by atoms with Gasteiger partial charge in [-0.3, -0.25) is 0 Å². The zero-order chi connectivity index (χ0) is 32.2. The monoisotopic (exact) mass is 621 g/mol. The van der Waals surface area contributed by atoms with Crippen molar-refractivity contribution < 1.29 is 0 Å². The van der Waals surface area contributed by atoms with Gasteiger partial charge in [-0.1, -0.05) is 105 Å². The zero-order valence-corrected chi connectivity index (χ0v) is 28.2. The Morgan fingerprint density at radius 1 is 0.417 bits per heavy atom. The third-order valence-electron chi connectivity index (χ3n) is 11.4. The molecule has 3 aliphatic rings. The fourth-order valence-electron chi connectivity index (χ4n) is 8.87. The lowest BCUT2D eigenvalue weighted by Gasteiger charge is -2.32. The second-order valence-electron chi connectivity index (χ2n) is 14.7. The van der Waals surface area contributed by atoms with Crippen LogP contribution in [0.5, 0.6) is 0 Å². The second-order valence-corrected chi connectivity index (χ2v) is 14.7. The molecule has 236 valence electrons. The molecule has 0 saturated heterocycles. The summed E-state index contributed by atoms with van der Waals surface area (Å²) in [6, 6.07) is 48.7. The molecule has 0 heterocycles. The number of benzene rings is 6. The first-order chi connectivity index (χ1) is 23.6. The molecule has 1 heteroatoms. The van der Waals surface area contributed by atoms with Crippen molar-refractivity contribution in [3.8, 4) is 33.4 Å². The van der Waals surface area contributed by atoms with E-state index in [1.807, 2.05) is 0 Å². The molecule has 9 rings (SSSR count). The van der Waals surface area contributed by atoms with Crippen molar-refractivity contribution in [2.75, 3.05) is 4.90 Å². The topological polar surface area (TPSA) is 3.24 Å². The van der Waals surface area contributed by atoms with Gasteiger partial charge in [0.15, 0.2) is 0 Å². The van der Waals surface area contributed by atoms with E-state index in [1.165, 1.54) is 122 Å². The summed E-state index contributed by atoms with van der Waals surface area (Å²) >= 11 is 0. The van der Waals surface area contributed by atoms with Gasteiger partial charge in [0.25, 0.3) is 0 Å². The van der Waals surface area contributed by atoms with Crippen molar-refractivity contribution in [2.24, 2.45) is 0 Å². The van der Waals surface area contributed by atoms with Crippen molar-refractivity contribution in [3.05, 3.63) is 161 Å². The van der Waals surface area contributed by atoms with E-state index in [1.54, 1.807) is 0 Å². The lowest BCUT2D eigenvalue weighted by molar-refractivity contribution is 0.660. The van der Waals surface area contributed by atoms with Crippen molar-refractivity contribution in [2.45, 2.75) is 70.6 Å². The predicted octanol–water partition coefficient (Wildman–Crippen LogP) is 12.6. The van der Waals surface area contributed by atoms with Gasteiger partial charge >= 0.3 is 0 Å². The molecule has 6 aromatic carbocycles. The number of hydrogen-bond donors (Lipinski definition) is 0.